The van der Waals surface area contributed by atoms with Gasteiger partial charge in [-0.1, -0.05) is 12.1 Å². The second-order valence-corrected chi connectivity index (χ2v) is 3.82. The van der Waals surface area contributed by atoms with Crippen LogP contribution in [0.2, 0.25) is 0 Å². The van der Waals surface area contributed by atoms with Gasteiger partial charge in [-0.05, 0) is 26.0 Å². The van der Waals surface area contributed by atoms with Crippen LogP contribution < -0.4 is 0 Å². The molecule has 0 atom stereocenters. The third-order valence-corrected chi connectivity index (χ3v) is 2.64. The maximum Gasteiger partial charge on any atom is 0.415 e. The molecule has 0 aliphatic rings. The molecule has 0 aliphatic carbocycles. The number of halogens is 2. The van der Waals surface area contributed by atoms with Crippen molar-refractivity contribution >= 4 is 11.9 Å². The minimum atomic E-state index is -2.11. The molecule has 1 rings (SSSR count). The summed E-state index contributed by atoms with van der Waals surface area (Å²) in [6.07, 6.45) is -2.96. The van der Waals surface area contributed by atoms with Crippen LogP contribution in [0.1, 0.15) is 25.0 Å². The Labute approximate surface area is 115 Å². The first-order chi connectivity index (χ1) is 9.53. The minimum absolute atomic E-state index is 0.00967. The molecule has 0 bridgehead atoms. The van der Waals surface area contributed by atoms with E-state index in [1.54, 1.807) is 13.8 Å². The SMILES string of the molecule is CCN(CC)C(=O)OC(=C(F)F)c1cccc(C#N)c1. The van der Waals surface area contributed by atoms with Crippen molar-refractivity contribution in [2.24, 2.45) is 0 Å². The number of carbonyl (C=O) groups excluding carboxylic acids is 1. The fourth-order valence-electron chi connectivity index (χ4n) is 1.57. The lowest BCUT2D eigenvalue weighted by Gasteiger charge is -2.18. The van der Waals surface area contributed by atoms with Crippen LogP contribution in [-0.4, -0.2) is 24.1 Å². The zero-order chi connectivity index (χ0) is 15.1. The number of hydrogen-bond acceptors (Lipinski definition) is 3. The third kappa shape index (κ3) is 3.79. The van der Waals surface area contributed by atoms with Crippen LogP contribution >= 0.6 is 0 Å². The van der Waals surface area contributed by atoms with Crippen molar-refractivity contribution in [2.75, 3.05) is 13.1 Å². The third-order valence-electron chi connectivity index (χ3n) is 2.64. The summed E-state index contributed by atoms with van der Waals surface area (Å²) in [7, 11) is 0. The highest BCUT2D eigenvalue weighted by Gasteiger charge is 2.19. The molecule has 106 valence electrons. The van der Waals surface area contributed by atoms with Crippen molar-refractivity contribution < 1.29 is 18.3 Å². The summed E-state index contributed by atoms with van der Waals surface area (Å²) in [6.45, 7) is 4.15. The smallest absolute Gasteiger partial charge is 0.404 e. The molecule has 0 saturated carbocycles. The quantitative estimate of drug-likeness (QED) is 0.792. The Morgan fingerprint density at radius 3 is 2.50 bits per heavy atom. The summed E-state index contributed by atoms with van der Waals surface area (Å²) in [6, 6.07) is 7.36. The summed E-state index contributed by atoms with van der Waals surface area (Å²) in [5, 5.41) is 8.76. The molecular formula is C14H14F2N2O2. The molecule has 0 heterocycles. The highest BCUT2D eigenvalue weighted by molar-refractivity contribution is 5.77. The van der Waals surface area contributed by atoms with Gasteiger partial charge in [-0.2, -0.15) is 14.0 Å². The van der Waals surface area contributed by atoms with Gasteiger partial charge in [0.25, 0.3) is 0 Å². The van der Waals surface area contributed by atoms with Gasteiger partial charge in [-0.25, -0.2) is 4.79 Å². The van der Waals surface area contributed by atoms with Crippen molar-refractivity contribution in [2.45, 2.75) is 13.8 Å². The molecule has 0 unspecified atom stereocenters. The maximum absolute atomic E-state index is 13.0. The molecule has 0 spiro atoms. The van der Waals surface area contributed by atoms with Crippen LogP contribution in [0.15, 0.2) is 30.3 Å². The van der Waals surface area contributed by atoms with Gasteiger partial charge in [-0.3, -0.25) is 0 Å². The second kappa shape index (κ2) is 7.24. The van der Waals surface area contributed by atoms with E-state index in [4.69, 9.17) is 10.00 Å². The molecular weight excluding hydrogens is 266 g/mol. The second-order valence-electron chi connectivity index (χ2n) is 3.82. The van der Waals surface area contributed by atoms with Crippen LogP contribution in [-0.2, 0) is 4.74 Å². The zero-order valence-electron chi connectivity index (χ0n) is 11.2. The average molecular weight is 280 g/mol. The molecule has 1 amide bonds. The Balaban J connectivity index is 3.06. The molecule has 4 nitrogen and oxygen atoms in total. The van der Waals surface area contributed by atoms with Gasteiger partial charge in [-0.15, -0.1) is 0 Å². The average Bonchev–Trinajstić information content (AvgIpc) is 2.45. The normalized spacial score (nSPS) is 9.55. The number of hydrogen-bond donors (Lipinski definition) is 0. The molecule has 0 N–H and O–H groups in total. The van der Waals surface area contributed by atoms with Gasteiger partial charge >= 0.3 is 12.2 Å². The first-order valence-electron chi connectivity index (χ1n) is 6.06. The van der Waals surface area contributed by atoms with E-state index in [-0.39, 0.29) is 11.1 Å². The Bertz CT molecular complexity index is 557. The maximum atomic E-state index is 13.0. The van der Waals surface area contributed by atoms with E-state index in [1.807, 2.05) is 6.07 Å². The summed E-state index contributed by atoms with van der Waals surface area (Å²) in [4.78, 5) is 13.0. The van der Waals surface area contributed by atoms with Gasteiger partial charge < -0.3 is 9.64 Å². The van der Waals surface area contributed by atoms with Crippen molar-refractivity contribution in [1.29, 1.82) is 5.26 Å². The lowest BCUT2D eigenvalue weighted by molar-refractivity contribution is 0.145. The molecule has 20 heavy (non-hydrogen) atoms. The molecule has 1 aromatic carbocycles. The molecule has 0 radical (unpaired) electrons. The number of benzene rings is 1. The topological polar surface area (TPSA) is 53.3 Å². The van der Waals surface area contributed by atoms with Crippen LogP contribution in [0.25, 0.3) is 5.76 Å². The van der Waals surface area contributed by atoms with Crippen molar-refractivity contribution in [1.82, 2.24) is 4.90 Å². The summed E-state index contributed by atoms with van der Waals surface area (Å²) >= 11 is 0. The van der Waals surface area contributed by atoms with Crippen molar-refractivity contribution in [3.8, 4) is 6.07 Å². The van der Waals surface area contributed by atoms with E-state index in [9.17, 15) is 13.6 Å². The molecule has 0 saturated heterocycles. The standard InChI is InChI=1S/C14H14F2N2O2/c1-3-18(4-2)14(19)20-12(13(15)16)11-7-5-6-10(8-11)9-17/h5-8H,3-4H2,1-2H3. The summed E-state index contributed by atoms with van der Waals surface area (Å²) in [5.41, 5.74) is 0.199. The number of rotatable bonds is 4. The Morgan fingerprint density at radius 2 is 2.00 bits per heavy atom. The van der Waals surface area contributed by atoms with E-state index in [0.717, 1.165) is 0 Å². The predicted molar refractivity (Wildman–Crippen MR) is 69.7 cm³/mol. The fourth-order valence-corrected chi connectivity index (χ4v) is 1.57. The lowest BCUT2D eigenvalue weighted by atomic mass is 10.1. The van der Waals surface area contributed by atoms with E-state index < -0.39 is 17.9 Å². The first-order valence-corrected chi connectivity index (χ1v) is 6.06. The number of carbonyl (C=O) groups is 1. The Kier molecular flexibility index (Phi) is 5.66. The zero-order valence-corrected chi connectivity index (χ0v) is 11.2. The summed E-state index contributed by atoms with van der Waals surface area (Å²) in [5.74, 6) is -0.820. The lowest BCUT2D eigenvalue weighted by Crippen LogP contribution is -2.30. The fraction of sp³-hybridized carbons (Fsp3) is 0.286. The molecule has 0 aromatic heterocycles. The number of ether oxygens (including phenoxy) is 1. The van der Waals surface area contributed by atoms with Crippen LogP contribution in [0, 0.1) is 11.3 Å². The summed E-state index contributed by atoms with van der Waals surface area (Å²) < 4.78 is 30.7. The minimum Gasteiger partial charge on any atom is -0.404 e. The molecule has 6 heteroatoms. The largest absolute Gasteiger partial charge is 0.415 e. The van der Waals surface area contributed by atoms with Crippen molar-refractivity contribution in [3.63, 3.8) is 0 Å². The predicted octanol–water partition coefficient (Wildman–Crippen LogP) is 3.60. The molecule has 1 aromatic rings. The van der Waals surface area contributed by atoms with Gasteiger partial charge in [0, 0.05) is 18.7 Å². The molecule has 0 aliphatic heterocycles. The highest BCUT2D eigenvalue weighted by Crippen LogP contribution is 2.24. The van der Waals surface area contributed by atoms with Gasteiger partial charge in [0.2, 0.25) is 5.76 Å². The highest BCUT2D eigenvalue weighted by atomic mass is 19.3. The van der Waals surface area contributed by atoms with E-state index in [2.05, 4.69) is 0 Å². The van der Waals surface area contributed by atoms with Gasteiger partial charge in [0.15, 0.2) is 0 Å². The van der Waals surface area contributed by atoms with E-state index in [1.165, 1.54) is 29.2 Å². The van der Waals surface area contributed by atoms with Crippen LogP contribution in [0.4, 0.5) is 13.6 Å². The van der Waals surface area contributed by atoms with Crippen LogP contribution in [0.3, 0.4) is 0 Å². The number of nitrogens with zero attached hydrogens (tertiary/aromatic N) is 2. The van der Waals surface area contributed by atoms with E-state index in [0.29, 0.717) is 13.1 Å². The first kappa shape index (κ1) is 15.6. The van der Waals surface area contributed by atoms with Crippen LogP contribution in [0.5, 0.6) is 0 Å². The van der Waals surface area contributed by atoms with Gasteiger partial charge in [0.05, 0.1) is 11.6 Å². The van der Waals surface area contributed by atoms with E-state index >= 15 is 0 Å². The Hall–Kier alpha value is -2.42. The number of nitriles is 1. The Morgan fingerprint density at radius 1 is 1.35 bits per heavy atom. The number of amides is 1. The monoisotopic (exact) mass is 280 g/mol. The van der Waals surface area contributed by atoms with Gasteiger partial charge in [0.1, 0.15) is 0 Å². The van der Waals surface area contributed by atoms with Crippen molar-refractivity contribution in [3.05, 3.63) is 41.5 Å². The molecule has 0 fully saturated rings.